The van der Waals surface area contributed by atoms with Crippen molar-refractivity contribution in [2.24, 2.45) is 0 Å². The maximum atomic E-state index is 12.3. The Morgan fingerprint density at radius 1 is 1.22 bits per heavy atom. The molecular formula is C18H23N3OS. The third-order valence-corrected chi connectivity index (χ3v) is 5.31. The molecule has 0 aliphatic heterocycles. The zero-order valence-corrected chi connectivity index (χ0v) is 14.4. The highest BCUT2D eigenvalue weighted by atomic mass is 32.1. The molecule has 0 atom stereocenters. The van der Waals surface area contributed by atoms with Gasteiger partial charge in [0.25, 0.3) is 0 Å². The molecule has 5 heteroatoms. The lowest BCUT2D eigenvalue weighted by Crippen LogP contribution is -2.32. The van der Waals surface area contributed by atoms with E-state index in [4.69, 9.17) is 0 Å². The molecule has 0 saturated carbocycles. The number of aryl methyl sites for hydroxylation is 2. The van der Waals surface area contributed by atoms with E-state index in [0.29, 0.717) is 6.54 Å². The third-order valence-electron chi connectivity index (χ3n) is 4.23. The summed E-state index contributed by atoms with van der Waals surface area (Å²) in [6.07, 6.45) is 6.74. The lowest BCUT2D eigenvalue weighted by Gasteiger charge is -2.16. The number of likely N-dealkylation sites (N-methyl/N-ethyl adjacent to an activating group) is 1. The molecule has 3 rings (SSSR count). The van der Waals surface area contributed by atoms with Crippen molar-refractivity contribution in [1.29, 1.82) is 0 Å². The van der Waals surface area contributed by atoms with Gasteiger partial charge in [-0.05, 0) is 37.7 Å². The number of amides is 2. The molecule has 1 aromatic carbocycles. The van der Waals surface area contributed by atoms with E-state index in [1.165, 1.54) is 35.4 Å². The van der Waals surface area contributed by atoms with Crippen molar-refractivity contribution in [3.63, 3.8) is 0 Å². The van der Waals surface area contributed by atoms with Gasteiger partial charge in [0.1, 0.15) is 0 Å². The van der Waals surface area contributed by atoms with E-state index in [2.05, 4.69) is 22.4 Å². The Hall–Kier alpha value is -1.88. The molecule has 2 aromatic rings. The standard InChI is InChI=1S/C18H23N3OS/c1-21(13-12-14-8-4-2-5-9-14)18(22)20-17-19-15-10-6-3-7-11-16(15)23-17/h2,4-5,8-9H,3,6-7,10-13H2,1H3,(H,19,20,22). The first-order valence-electron chi connectivity index (χ1n) is 8.27. The number of carbonyl (C=O) groups is 1. The number of aromatic nitrogens is 1. The number of urea groups is 1. The molecule has 1 aliphatic rings. The molecule has 2 amide bonds. The van der Waals surface area contributed by atoms with Crippen molar-refractivity contribution in [3.8, 4) is 0 Å². The molecule has 0 radical (unpaired) electrons. The van der Waals surface area contributed by atoms with Crippen LogP contribution in [0.3, 0.4) is 0 Å². The van der Waals surface area contributed by atoms with Gasteiger partial charge in [-0.15, -0.1) is 11.3 Å². The summed E-state index contributed by atoms with van der Waals surface area (Å²) in [7, 11) is 1.83. The fraction of sp³-hybridized carbons (Fsp3) is 0.444. The predicted molar refractivity (Wildman–Crippen MR) is 95.2 cm³/mol. The SMILES string of the molecule is CN(CCc1ccccc1)C(=O)Nc1nc2c(s1)CCCCC2. The van der Waals surface area contributed by atoms with Crippen molar-refractivity contribution >= 4 is 22.5 Å². The summed E-state index contributed by atoms with van der Waals surface area (Å²) in [6.45, 7) is 0.695. The van der Waals surface area contributed by atoms with Gasteiger partial charge in [0.2, 0.25) is 0 Å². The van der Waals surface area contributed by atoms with E-state index in [9.17, 15) is 4.79 Å². The van der Waals surface area contributed by atoms with Crippen LogP contribution in [0.4, 0.5) is 9.93 Å². The maximum absolute atomic E-state index is 12.3. The van der Waals surface area contributed by atoms with Crippen molar-refractivity contribution in [2.75, 3.05) is 18.9 Å². The lowest BCUT2D eigenvalue weighted by molar-refractivity contribution is 0.223. The number of hydrogen-bond donors (Lipinski definition) is 1. The highest BCUT2D eigenvalue weighted by Crippen LogP contribution is 2.28. The minimum Gasteiger partial charge on any atom is -0.327 e. The highest BCUT2D eigenvalue weighted by molar-refractivity contribution is 7.15. The zero-order valence-electron chi connectivity index (χ0n) is 13.5. The van der Waals surface area contributed by atoms with Crippen LogP contribution < -0.4 is 5.32 Å². The number of anilines is 1. The summed E-state index contributed by atoms with van der Waals surface area (Å²) in [4.78, 5) is 20.0. The van der Waals surface area contributed by atoms with E-state index in [1.807, 2.05) is 25.2 Å². The second kappa shape index (κ2) is 7.59. The first-order valence-corrected chi connectivity index (χ1v) is 9.08. The molecule has 0 spiro atoms. The van der Waals surface area contributed by atoms with Gasteiger partial charge in [0, 0.05) is 18.5 Å². The molecule has 0 unspecified atom stereocenters. The Morgan fingerprint density at radius 3 is 2.83 bits per heavy atom. The normalized spacial score (nSPS) is 14.0. The molecule has 4 nitrogen and oxygen atoms in total. The molecular weight excluding hydrogens is 306 g/mol. The third kappa shape index (κ3) is 4.32. The fourth-order valence-corrected chi connectivity index (χ4v) is 3.85. The molecule has 1 aromatic heterocycles. The first-order chi connectivity index (χ1) is 11.2. The monoisotopic (exact) mass is 329 g/mol. The minimum absolute atomic E-state index is 0.0789. The number of hydrogen-bond acceptors (Lipinski definition) is 3. The van der Waals surface area contributed by atoms with Crippen molar-refractivity contribution in [1.82, 2.24) is 9.88 Å². The van der Waals surface area contributed by atoms with Crippen LogP contribution in [0.15, 0.2) is 30.3 Å². The number of carbonyl (C=O) groups excluding carboxylic acids is 1. The minimum atomic E-state index is -0.0789. The smallest absolute Gasteiger partial charge is 0.323 e. The van der Waals surface area contributed by atoms with Crippen LogP contribution in [0, 0.1) is 0 Å². The lowest BCUT2D eigenvalue weighted by atomic mass is 10.1. The van der Waals surface area contributed by atoms with Crippen LogP contribution in [0.2, 0.25) is 0 Å². The fourth-order valence-electron chi connectivity index (χ4n) is 2.81. The van der Waals surface area contributed by atoms with Crippen LogP contribution in [-0.2, 0) is 19.3 Å². The van der Waals surface area contributed by atoms with Gasteiger partial charge in [-0.3, -0.25) is 5.32 Å². The summed E-state index contributed by atoms with van der Waals surface area (Å²) in [6, 6.07) is 10.2. The Bertz CT molecular complexity index is 630. The van der Waals surface area contributed by atoms with E-state index in [-0.39, 0.29) is 6.03 Å². The second-order valence-electron chi connectivity index (χ2n) is 6.04. The van der Waals surface area contributed by atoms with Crippen molar-refractivity contribution in [3.05, 3.63) is 46.5 Å². The summed E-state index contributed by atoms with van der Waals surface area (Å²) in [5.41, 5.74) is 2.43. The van der Waals surface area contributed by atoms with Gasteiger partial charge in [-0.1, -0.05) is 36.8 Å². The molecule has 0 fully saturated rings. The van der Waals surface area contributed by atoms with Crippen molar-refractivity contribution < 1.29 is 4.79 Å². The quantitative estimate of drug-likeness (QED) is 0.858. The van der Waals surface area contributed by atoms with Gasteiger partial charge in [0.15, 0.2) is 5.13 Å². The van der Waals surface area contributed by atoms with Crippen LogP contribution in [0.5, 0.6) is 0 Å². The number of nitrogens with one attached hydrogen (secondary N) is 1. The maximum Gasteiger partial charge on any atom is 0.323 e. The number of fused-ring (bicyclic) bond motifs is 1. The van der Waals surface area contributed by atoms with Crippen LogP contribution in [-0.4, -0.2) is 29.5 Å². The topological polar surface area (TPSA) is 45.2 Å². The number of nitrogens with zero attached hydrogens (tertiary/aromatic N) is 2. The number of benzene rings is 1. The molecule has 1 N–H and O–H groups in total. The average molecular weight is 329 g/mol. The Kier molecular flexibility index (Phi) is 5.28. The average Bonchev–Trinajstić information content (AvgIpc) is 2.82. The summed E-state index contributed by atoms with van der Waals surface area (Å²) in [5, 5.41) is 3.69. The molecule has 0 bridgehead atoms. The largest absolute Gasteiger partial charge is 0.327 e. The van der Waals surface area contributed by atoms with E-state index in [1.54, 1.807) is 16.2 Å². The van der Waals surface area contributed by atoms with Gasteiger partial charge < -0.3 is 4.90 Å². The summed E-state index contributed by atoms with van der Waals surface area (Å²) >= 11 is 1.64. The number of thiazole rings is 1. The zero-order chi connectivity index (χ0) is 16.1. The molecule has 122 valence electrons. The van der Waals surface area contributed by atoms with E-state index >= 15 is 0 Å². The van der Waals surface area contributed by atoms with Gasteiger partial charge >= 0.3 is 6.03 Å². The molecule has 0 saturated heterocycles. The van der Waals surface area contributed by atoms with Gasteiger partial charge in [-0.25, -0.2) is 9.78 Å². The summed E-state index contributed by atoms with van der Waals surface area (Å²) < 4.78 is 0. The van der Waals surface area contributed by atoms with Crippen LogP contribution in [0.25, 0.3) is 0 Å². The van der Waals surface area contributed by atoms with Crippen LogP contribution in [0.1, 0.15) is 35.4 Å². The first kappa shape index (κ1) is 16.0. The Balaban J connectivity index is 1.54. The Morgan fingerprint density at radius 2 is 2.00 bits per heavy atom. The van der Waals surface area contributed by atoms with Gasteiger partial charge in [-0.2, -0.15) is 0 Å². The molecule has 1 aliphatic carbocycles. The number of rotatable bonds is 4. The predicted octanol–water partition coefficient (Wildman–Crippen LogP) is 4.12. The molecule has 1 heterocycles. The van der Waals surface area contributed by atoms with Gasteiger partial charge in [0.05, 0.1) is 5.69 Å². The summed E-state index contributed by atoms with van der Waals surface area (Å²) in [5.74, 6) is 0. The van der Waals surface area contributed by atoms with E-state index in [0.717, 1.165) is 24.4 Å². The van der Waals surface area contributed by atoms with Crippen LogP contribution >= 0.6 is 11.3 Å². The Labute approximate surface area is 141 Å². The molecule has 23 heavy (non-hydrogen) atoms. The van der Waals surface area contributed by atoms with Crippen molar-refractivity contribution in [2.45, 2.75) is 38.5 Å². The highest BCUT2D eigenvalue weighted by Gasteiger charge is 2.16. The second-order valence-corrected chi connectivity index (χ2v) is 7.12. The van der Waals surface area contributed by atoms with E-state index < -0.39 is 0 Å².